The number of nitrogens with zero attached hydrogens (tertiary/aromatic N) is 1. The van der Waals surface area contributed by atoms with E-state index in [2.05, 4.69) is 34.7 Å². The number of fused-ring (bicyclic) bond motifs is 2. The van der Waals surface area contributed by atoms with Crippen LogP contribution in [0, 0.1) is 18.8 Å². The van der Waals surface area contributed by atoms with Crippen molar-refractivity contribution in [3.8, 4) is 11.5 Å². The molecule has 2 aromatic carbocycles. The molecule has 2 aliphatic rings. The van der Waals surface area contributed by atoms with E-state index in [-0.39, 0.29) is 17.3 Å². The number of phenolic OH excluding ortho intramolecular Hbond substituents is 1. The first-order chi connectivity index (χ1) is 15.3. The molecule has 3 aromatic rings. The van der Waals surface area contributed by atoms with Crippen LogP contribution < -0.4 is 4.74 Å². The number of carbonyl (C=O) groups excluding carboxylic acids is 1. The summed E-state index contributed by atoms with van der Waals surface area (Å²) in [4.78, 5) is 15.6. The summed E-state index contributed by atoms with van der Waals surface area (Å²) in [6, 6.07) is 9.32. The number of furan rings is 1. The maximum Gasteiger partial charge on any atom is 0.232 e. The number of phenols is 1. The van der Waals surface area contributed by atoms with Gasteiger partial charge in [-0.2, -0.15) is 0 Å². The number of ketones is 1. The van der Waals surface area contributed by atoms with Crippen molar-refractivity contribution in [2.24, 2.45) is 11.8 Å². The standard InChI is InChI=1S/C26H26BrNO4/c1-14-6-15(2)12-28(11-14)13-20-21(29)7-16(3)24-25(30)23(32-26(20)24)10-19-9-17-8-18(27)4-5-22(17)31-19/h4-5,7-10,14-15,29H,6,11-13H2,1-3H3/b23-10-/t14-,15+. The molecule has 1 N–H and O–H groups in total. The lowest BCUT2D eigenvalue weighted by atomic mass is 9.91. The van der Waals surface area contributed by atoms with Crippen LogP contribution >= 0.6 is 15.9 Å². The lowest BCUT2D eigenvalue weighted by molar-refractivity contribution is 0.101. The summed E-state index contributed by atoms with van der Waals surface area (Å²) in [5, 5.41) is 11.7. The van der Waals surface area contributed by atoms with Crippen LogP contribution in [-0.2, 0) is 6.54 Å². The fourth-order valence-corrected chi connectivity index (χ4v) is 5.49. The summed E-state index contributed by atoms with van der Waals surface area (Å²) in [6.07, 6.45) is 2.85. The number of aryl methyl sites for hydroxylation is 1. The highest BCUT2D eigenvalue weighted by Crippen LogP contribution is 2.43. The molecule has 6 heteroatoms. The lowest BCUT2D eigenvalue weighted by Gasteiger charge is -2.35. The first kappa shape index (κ1) is 21.3. The third-order valence-electron chi connectivity index (χ3n) is 6.32. The van der Waals surface area contributed by atoms with Gasteiger partial charge in [-0.05, 0) is 61.1 Å². The summed E-state index contributed by atoms with van der Waals surface area (Å²) in [6.45, 7) is 8.84. The van der Waals surface area contributed by atoms with E-state index in [0.29, 0.717) is 46.6 Å². The molecule has 2 atom stereocenters. The highest BCUT2D eigenvalue weighted by Gasteiger charge is 2.34. The van der Waals surface area contributed by atoms with Gasteiger partial charge >= 0.3 is 0 Å². The van der Waals surface area contributed by atoms with Gasteiger partial charge in [0.25, 0.3) is 0 Å². The molecular formula is C26H26BrNO4. The molecule has 3 heterocycles. The van der Waals surface area contributed by atoms with Crippen molar-refractivity contribution in [2.45, 2.75) is 33.7 Å². The summed E-state index contributed by atoms with van der Waals surface area (Å²) >= 11 is 3.47. The van der Waals surface area contributed by atoms with E-state index in [1.807, 2.05) is 31.2 Å². The van der Waals surface area contributed by atoms with Crippen molar-refractivity contribution in [1.29, 1.82) is 0 Å². The van der Waals surface area contributed by atoms with Gasteiger partial charge in [0.05, 0.1) is 11.1 Å². The van der Waals surface area contributed by atoms with Crippen molar-refractivity contribution in [2.75, 3.05) is 13.1 Å². The van der Waals surface area contributed by atoms with Crippen molar-refractivity contribution in [1.82, 2.24) is 4.90 Å². The second-order valence-electron chi connectivity index (χ2n) is 9.31. The van der Waals surface area contributed by atoms with Gasteiger partial charge in [0.1, 0.15) is 22.8 Å². The third kappa shape index (κ3) is 3.86. The van der Waals surface area contributed by atoms with Gasteiger partial charge in [-0.3, -0.25) is 9.69 Å². The van der Waals surface area contributed by atoms with Gasteiger partial charge < -0.3 is 14.3 Å². The summed E-state index contributed by atoms with van der Waals surface area (Å²) in [5.41, 5.74) is 2.66. The van der Waals surface area contributed by atoms with Crippen molar-refractivity contribution < 1.29 is 19.1 Å². The Labute approximate surface area is 195 Å². The molecule has 32 heavy (non-hydrogen) atoms. The van der Waals surface area contributed by atoms with Crippen LogP contribution in [0.2, 0.25) is 0 Å². The van der Waals surface area contributed by atoms with Gasteiger partial charge in [-0.1, -0.05) is 29.8 Å². The molecule has 2 aliphatic heterocycles. The van der Waals surface area contributed by atoms with Gasteiger partial charge in [0.2, 0.25) is 5.78 Å². The summed E-state index contributed by atoms with van der Waals surface area (Å²) in [7, 11) is 0. The Morgan fingerprint density at radius 3 is 2.69 bits per heavy atom. The number of benzene rings is 2. The maximum absolute atomic E-state index is 13.2. The normalized spacial score (nSPS) is 22.5. The highest BCUT2D eigenvalue weighted by molar-refractivity contribution is 9.10. The summed E-state index contributed by atoms with van der Waals surface area (Å²) in [5.74, 6) is 2.44. The molecule has 0 unspecified atom stereocenters. The average molecular weight is 496 g/mol. The van der Waals surface area contributed by atoms with E-state index < -0.39 is 0 Å². The molecule has 1 saturated heterocycles. The minimum atomic E-state index is -0.180. The van der Waals surface area contributed by atoms with Crippen molar-refractivity contribution in [3.05, 3.63) is 63.0 Å². The number of halogens is 1. The number of rotatable bonds is 3. The molecule has 1 aromatic heterocycles. The van der Waals surface area contributed by atoms with Crippen LogP contribution in [0.15, 0.2) is 45.0 Å². The molecule has 0 amide bonds. The zero-order valence-corrected chi connectivity index (χ0v) is 20.0. The van der Waals surface area contributed by atoms with Crippen LogP contribution in [-0.4, -0.2) is 28.9 Å². The number of piperidine rings is 1. The molecular weight excluding hydrogens is 470 g/mol. The number of carbonyl (C=O) groups is 1. The van der Waals surface area contributed by atoms with Crippen LogP contribution in [0.25, 0.3) is 17.0 Å². The molecule has 0 spiro atoms. The Balaban J connectivity index is 1.49. The van der Waals surface area contributed by atoms with Crippen molar-refractivity contribution in [3.63, 3.8) is 0 Å². The third-order valence-corrected chi connectivity index (χ3v) is 6.81. The Morgan fingerprint density at radius 2 is 1.94 bits per heavy atom. The fraction of sp³-hybridized carbons (Fsp3) is 0.346. The molecule has 0 aliphatic carbocycles. The van der Waals surface area contributed by atoms with Crippen LogP contribution in [0.4, 0.5) is 0 Å². The molecule has 0 bridgehead atoms. The summed E-state index contributed by atoms with van der Waals surface area (Å²) < 4.78 is 12.9. The number of aromatic hydroxyl groups is 1. The van der Waals surface area contributed by atoms with E-state index in [9.17, 15) is 9.90 Å². The Kier molecular flexibility index (Phi) is 5.38. The smallest absolute Gasteiger partial charge is 0.232 e. The van der Waals surface area contributed by atoms with Crippen molar-refractivity contribution >= 4 is 38.8 Å². The van der Waals surface area contributed by atoms with E-state index in [1.165, 1.54) is 6.42 Å². The Morgan fingerprint density at radius 1 is 1.19 bits per heavy atom. The predicted octanol–water partition coefficient (Wildman–Crippen LogP) is 6.30. The minimum Gasteiger partial charge on any atom is -0.507 e. The lowest BCUT2D eigenvalue weighted by Crippen LogP contribution is -2.38. The van der Waals surface area contributed by atoms with Gasteiger partial charge in [-0.15, -0.1) is 0 Å². The maximum atomic E-state index is 13.2. The minimum absolute atomic E-state index is 0.176. The second-order valence-corrected chi connectivity index (χ2v) is 10.2. The quantitative estimate of drug-likeness (QED) is 0.431. The molecule has 5 rings (SSSR count). The van der Waals surface area contributed by atoms with Crippen LogP contribution in [0.3, 0.4) is 0 Å². The van der Waals surface area contributed by atoms with Crippen LogP contribution in [0.1, 0.15) is 47.5 Å². The van der Waals surface area contributed by atoms with Gasteiger partial charge in [-0.25, -0.2) is 0 Å². The number of Topliss-reactive ketones (excluding diaryl/α,β-unsaturated/α-hetero) is 1. The predicted molar refractivity (Wildman–Crippen MR) is 128 cm³/mol. The topological polar surface area (TPSA) is 62.9 Å². The zero-order valence-electron chi connectivity index (χ0n) is 18.4. The Bertz CT molecular complexity index is 1250. The van der Waals surface area contributed by atoms with E-state index >= 15 is 0 Å². The Hall–Kier alpha value is -2.57. The first-order valence-electron chi connectivity index (χ1n) is 11.0. The fourth-order valence-electron chi connectivity index (χ4n) is 5.11. The zero-order chi connectivity index (χ0) is 22.6. The average Bonchev–Trinajstić information content (AvgIpc) is 3.25. The molecule has 1 fully saturated rings. The van der Waals surface area contributed by atoms with Gasteiger partial charge in [0.15, 0.2) is 5.76 Å². The van der Waals surface area contributed by atoms with Crippen LogP contribution in [0.5, 0.6) is 11.5 Å². The SMILES string of the molecule is Cc1cc(O)c(CN2C[C@H](C)C[C@H](C)C2)c2c1C(=O)/C(=C/c1cc3cc(Br)ccc3o1)O2. The van der Waals surface area contributed by atoms with E-state index in [1.54, 1.807) is 12.1 Å². The number of ether oxygens (including phenoxy) is 1. The molecule has 5 nitrogen and oxygen atoms in total. The molecule has 166 valence electrons. The number of likely N-dealkylation sites (tertiary alicyclic amines) is 1. The molecule has 0 radical (unpaired) electrons. The monoisotopic (exact) mass is 495 g/mol. The van der Waals surface area contributed by atoms with E-state index in [0.717, 1.165) is 28.5 Å². The molecule has 0 saturated carbocycles. The number of hydrogen-bond donors (Lipinski definition) is 1. The van der Waals surface area contributed by atoms with E-state index in [4.69, 9.17) is 9.15 Å². The highest BCUT2D eigenvalue weighted by atomic mass is 79.9. The first-order valence-corrected chi connectivity index (χ1v) is 11.8. The second kappa shape index (κ2) is 8.09. The number of allylic oxidation sites excluding steroid dienone is 1. The number of hydrogen-bond acceptors (Lipinski definition) is 5. The largest absolute Gasteiger partial charge is 0.507 e. The van der Waals surface area contributed by atoms with Gasteiger partial charge in [0, 0.05) is 35.6 Å².